The number of imidazole rings is 2. The Balaban J connectivity index is 1.22. The van der Waals surface area contributed by atoms with Crippen LogP contribution in [0.3, 0.4) is 0 Å². The number of hydrogen-bond acceptors (Lipinski definition) is 1. The fourth-order valence-corrected chi connectivity index (χ4v) is 7.79. The molecule has 10 rings (SSSR count). The van der Waals surface area contributed by atoms with Crippen LogP contribution in [0.2, 0.25) is 0 Å². The molecule has 5 nitrogen and oxygen atoms in total. The minimum absolute atomic E-state index is 0.815. The van der Waals surface area contributed by atoms with Crippen LogP contribution in [-0.4, -0.2) is 23.1 Å². The van der Waals surface area contributed by atoms with Gasteiger partial charge in [-0.3, -0.25) is 13.5 Å². The van der Waals surface area contributed by atoms with Gasteiger partial charge in [0.05, 0.1) is 27.9 Å². The quantitative estimate of drug-likeness (QED) is 0.178. The van der Waals surface area contributed by atoms with Crippen molar-refractivity contribution in [2.24, 2.45) is 0 Å². The minimum atomic E-state index is 0.815. The van der Waals surface area contributed by atoms with Crippen LogP contribution in [0.4, 0.5) is 0 Å². The molecule has 4 aromatic heterocycles. The first-order valence-electron chi connectivity index (χ1n) is 16.8. The predicted octanol–water partition coefficient (Wildman–Crippen LogP) is 11.3. The summed E-state index contributed by atoms with van der Waals surface area (Å²) in [6.07, 6.45) is 3.83. The average Bonchev–Trinajstić information content (AvgIpc) is 3.89. The fraction of sp³-hybridized carbons (Fsp3) is 0. The van der Waals surface area contributed by atoms with Crippen LogP contribution < -0.4 is 0 Å². The molecule has 0 atom stereocenters. The molecule has 0 N–H and O–H groups in total. The zero-order chi connectivity index (χ0) is 33.3. The van der Waals surface area contributed by atoms with Crippen molar-refractivity contribution in [3.8, 4) is 28.2 Å². The number of para-hydroxylation sites is 3. The van der Waals surface area contributed by atoms with Crippen LogP contribution in [-0.2, 0) is 0 Å². The van der Waals surface area contributed by atoms with E-state index >= 15 is 0 Å². The number of rotatable bonds is 6. The van der Waals surface area contributed by atoms with Gasteiger partial charge in [-0.25, -0.2) is 0 Å². The highest BCUT2D eigenvalue weighted by molar-refractivity contribution is 6.11. The van der Waals surface area contributed by atoms with Crippen molar-refractivity contribution in [3.05, 3.63) is 176 Å². The van der Waals surface area contributed by atoms with Crippen molar-refractivity contribution in [3.63, 3.8) is 0 Å². The third kappa shape index (κ3) is 3.92. The smallest absolute Gasteiger partial charge is 0.222 e. The van der Waals surface area contributed by atoms with Gasteiger partial charge in [0.1, 0.15) is 5.52 Å². The zero-order valence-corrected chi connectivity index (χ0v) is 27.2. The summed E-state index contributed by atoms with van der Waals surface area (Å²) in [5.41, 5.74) is 12.9. The molecule has 6 aromatic carbocycles. The molecule has 0 radical (unpaired) electrons. The van der Waals surface area contributed by atoms with Crippen LogP contribution in [0.1, 0.15) is 11.4 Å². The van der Waals surface area contributed by atoms with Crippen LogP contribution in [0, 0.1) is 0 Å². The summed E-state index contributed by atoms with van der Waals surface area (Å²) in [7, 11) is 0. The number of fused-ring (bicyclic) bond motifs is 8. The molecule has 0 amide bonds. The first-order valence-corrected chi connectivity index (χ1v) is 16.8. The first-order chi connectivity index (χ1) is 24.7. The van der Waals surface area contributed by atoms with Crippen LogP contribution >= 0.6 is 0 Å². The van der Waals surface area contributed by atoms with Gasteiger partial charge in [0.2, 0.25) is 5.78 Å². The average molecular weight is 642 g/mol. The Hall–Kier alpha value is -6.85. The fourth-order valence-electron chi connectivity index (χ4n) is 7.79. The molecular formula is C45H31N5. The van der Waals surface area contributed by atoms with Crippen molar-refractivity contribution in [2.75, 3.05) is 0 Å². The maximum absolute atomic E-state index is 5.40. The van der Waals surface area contributed by atoms with E-state index in [-0.39, 0.29) is 0 Å². The molecule has 0 fully saturated rings. The molecule has 0 aliphatic heterocycles. The monoisotopic (exact) mass is 641 g/mol. The molecule has 0 saturated carbocycles. The Bertz CT molecular complexity index is 2930. The van der Waals surface area contributed by atoms with Crippen LogP contribution in [0.5, 0.6) is 0 Å². The van der Waals surface area contributed by atoms with Crippen LogP contribution in [0.25, 0.3) is 90.0 Å². The third-order valence-corrected chi connectivity index (χ3v) is 9.95. The molecule has 50 heavy (non-hydrogen) atoms. The SMILES string of the molecule is C=Cc1c(C=C)n2c3c4ccccc4n(-c4ccccc4)c3nc2n1-c1ccc2c(c1)c1ccccc1n2-c1ccc(-c2ccccc2)cc1. The van der Waals surface area contributed by atoms with Gasteiger partial charge in [0.25, 0.3) is 0 Å². The Labute approximate surface area is 288 Å². The summed E-state index contributed by atoms with van der Waals surface area (Å²) in [6.45, 7) is 8.52. The van der Waals surface area contributed by atoms with E-state index < -0.39 is 0 Å². The molecule has 10 aromatic rings. The second-order valence-corrected chi connectivity index (χ2v) is 12.6. The minimum Gasteiger partial charge on any atom is -0.309 e. The summed E-state index contributed by atoms with van der Waals surface area (Å²) < 4.78 is 9.07. The van der Waals surface area contributed by atoms with Crippen molar-refractivity contribution < 1.29 is 0 Å². The molecule has 4 heterocycles. The summed E-state index contributed by atoms with van der Waals surface area (Å²) >= 11 is 0. The lowest BCUT2D eigenvalue weighted by Gasteiger charge is -2.11. The van der Waals surface area contributed by atoms with Crippen LogP contribution in [0.15, 0.2) is 165 Å². The van der Waals surface area contributed by atoms with Gasteiger partial charge in [0.15, 0.2) is 5.65 Å². The van der Waals surface area contributed by atoms with E-state index in [1.807, 2.05) is 18.2 Å². The van der Waals surface area contributed by atoms with Gasteiger partial charge in [-0.15, -0.1) is 0 Å². The van der Waals surface area contributed by atoms with Crippen molar-refractivity contribution in [1.82, 2.24) is 23.1 Å². The van der Waals surface area contributed by atoms with E-state index in [4.69, 9.17) is 4.98 Å². The van der Waals surface area contributed by atoms with E-state index in [0.29, 0.717) is 0 Å². The molecule has 0 unspecified atom stereocenters. The van der Waals surface area contributed by atoms with E-state index in [2.05, 4.69) is 177 Å². The van der Waals surface area contributed by atoms with E-state index in [1.165, 1.54) is 21.9 Å². The van der Waals surface area contributed by atoms with Gasteiger partial charge in [-0.2, -0.15) is 4.98 Å². The van der Waals surface area contributed by atoms with Crippen molar-refractivity contribution in [2.45, 2.75) is 0 Å². The molecule has 0 spiro atoms. The highest BCUT2D eigenvalue weighted by Gasteiger charge is 2.25. The van der Waals surface area contributed by atoms with Gasteiger partial charge in [-0.05, 0) is 77.9 Å². The lowest BCUT2D eigenvalue weighted by molar-refractivity contribution is 1.06. The number of benzene rings is 6. The molecular weight excluding hydrogens is 611 g/mol. The van der Waals surface area contributed by atoms with E-state index in [9.17, 15) is 0 Å². The lowest BCUT2D eigenvalue weighted by Crippen LogP contribution is -1.99. The standard InChI is InChI=1S/C45H31N5/c1-3-38-39(4-2)50-43-36-20-12-14-22-41(36)48(32-17-9-6-10-18-32)44(43)46-45(50)49(38)34-27-28-42-37(29-34)35-19-11-13-21-40(35)47(42)33-25-23-31(24-26-33)30-15-7-5-8-16-30/h3-29H,1-2H2. The molecule has 0 aliphatic rings. The Morgan fingerprint density at radius 2 is 1.00 bits per heavy atom. The van der Waals surface area contributed by atoms with E-state index in [0.717, 1.165) is 67.3 Å². The highest BCUT2D eigenvalue weighted by Crippen LogP contribution is 2.38. The maximum Gasteiger partial charge on any atom is 0.222 e. The molecule has 0 saturated heterocycles. The molecule has 236 valence electrons. The van der Waals surface area contributed by atoms with Gasteiger partial charge < -0.3 is 4.57 Å². The maximum atomic E-state index is 5.40. The van der Waals surface area contributed by atoms with Crippen molar-refractivity contribution >= 4 is 61.8 Å². The van der Waals surface area contributed by atoms with E-state index in [1.54, 1.807) is 0 Å². The summed E-state index contributed by atoms with van der Waals surface area (Å²) in [6, 6.07) is 53.7. The highest BCUT2D eigenvalue weighted by atomic mass is 15.3. The molecule has 5 heteroatoms. The summed E-state index contributed by atoms with van der Waals surface area (Å²) in [4.78, 5) is 5.40. The number of nitrogens with zero attached hydrogens (tertiary/aromatic N) is 5. The number of hydrogen-bond donors (Lipinski definition) is 0. The lowest BCUT2D eigenvalue weighted by atomic mass is 10.1. The van der Waals surface area contributed by atoms with Gasteiger partial charge in [-0.1, -0.05) is 110 Å². The predicted molar refractivity (Wildman–Crippen MR) is 209 cm³/mol. The summed E-state index contributed by atoms with van der Waals surface area (Å²) in [5, 5.41) is 3.49. The van der Waals surface area contributed by atoms with Crippen molar-refractivity contribution in [1.29, 1.82) is 0 Å². The van der Waals surface area contributed by atoms with Gasteiger partial charge in [0, 0.05) is 33.2 Å². The third-order valence-electron chi connectivity index (χ3n) is 9.95. The molecule has 0 bridgehead atoms. The Morgan fingerprint density at radius 3 is 1.72 bits per heavy atom. The summed E-state index contributed by atoms with van der Waals surface area (Å²) in [5.74, 6) is 0.815. The number of aromatic nitrogens is 5. The van der Waals surface area contributed by atoms with Gasteiger partial charge >= 0.3 is 0 Å². The second-order valence-electron chi connectivity index (χ2n) is 12.6. The molecule has 0 aliphatic carbocycles. The normalized spacial score (nSPS) is 11.8. The topological polar surface area (TPSA) is 32.1 Å². The Morgan fingerprint density at radius 1 is 0.440 bits per heavy atom. The second kappa shape index (κ2) is 10.8. The first kappa shape index (κ1) is 28.2. The zero-order valence-electron chi connectivity index (χ0n) is 27.2. The largest absolute Gasteiger partial charge is 0.309 e. The Kier molecular flexibility index (Phi) is 6.11.